The maximum absolute atomic E-state index is 12.9. The van der Waals surface area contributed by atoms with Gasteiger partial charge in [0.15, 0.2) is 5.96 Å². The van der Waals surface area contributed by atoms with Crippen molar-refractivity contribution in [3.8, 4) is 0 Å². The van der Waals surface area contributed by atoms with E-state index in [0.29, 0.717) is 32.0 Å². The van der Waals surface area contributed by atoms with E-state index < -0.39 is 12.7 Å². The minimum atomic E-state index is -4.17. The molecule has 0 atom stereocenters. The molecule has 0 aliphatic rings. The lowest BCUT2D eigenvalue weighted by atomic mass is 10.2. The van der Waals surface area contributed by atoms with E-state index in [4.69, 9.17) is 0 Å². The van der Waals surface area contributed by atoms with Crippen LogP contribution in [0.5, 0.6) is 0 Å². The first-order valence-corrected chi connectivity index (χ1v) is 7.63. The predicted molar refractivity (Wildman–Crippen MR) is 87.4 cm³/mol. The molecule has 1 rings (SSSR count). The SMILES string of the molecule is CN=C(NCCCN(C)CC(F)(F)F)N(C)Cc1ccc(F)cc1. The van der Waals surface area contributed by atoms with Crippen LogP contribution in [-0.4, -0.2) is 62.7 Å². The zero-order valence-electron chi connectivity index (χ0n) is 14.2. The minimum Gasteiger partial charge on any atom is -0.356 e. The molecule has 0 amide bonds. The number of alkyl halides is 3. The molecule has 0 radical (unpaired) electrons. The third-order valence-corrected chi connectivity index (χ3v) is 3.36. The summed E-state index contributed by atoms with van der Waals surface area (Å²) in [7, 11) is 4.93. The second kappa shape index (κ2) is 9.46. The average Bonchev–Trinajstić information content (AvgIpc) is 2.47. The number of hydrogen-bond acceptors (Lipinski definition) is 2. The molecule has 0 aromatic heterocycles. The van der Waals surface area contributed by atoms with Crippen molar-refractivity contribution in [3.05, 3.63) is 35.6 Å². The molecule has 1 aromatic carbocycles. The van der Waals surface area contributed by atoms with Gasteiger partial charge in [0.25, 0.3) is 0 Å². The van der Waals surface area contributed by atoms with Crippen molar-refractivity contribution in [3.63, 3.8) is 0 Å². The molecule has 136 valence electrons. The highest BCUT2D eigenvalue weighted by molar-refractivity contribution is 5.79. The van der Waals surface area contributed by atoms with Gasteiger partial charge < -0.3 is 10.2 Å². The Bertz CT molecular complexity index is 514. The zero-order chi connectivity index (χ0) is 18.2. The molecule has 0 spiro atoms. The first-order valence-electron chi connectivity index (χ1n) is 7.63. The van der Waals surface area contributed by atoms with E-state index in [1.165, 1.54) is 24.1 Å². The van der Waals surface area contributed by atoms with Crippen LogP contribution in [-0.2, 0) is 6.54 Å². The Morgan fingerprint density at radius 3 is 2.33 bits per heavy atom. The van der Waals surface area contributed by atoms with E-state index in [0.717, 1.165) is 5.56 Å². The van der Waals surface area contributed by atoms with Gasteiger partial charge in [0.1, 0.15) is 5.82 Å². The van der Waals surface area contributed by atoms with Gasteiger partial charge in [-0.15, -0.1) is 0 Å². The fourth-order valence-corrected chi connectivity index (χ4v) is 2.26. The molecule has 0 fully saturated rings. The molecule has 1 aromatic rings. The van der Waals surface area contributed by atoms with Crippen molar-refractivity contribution in [1.29, 1.82) is 0 Å². The topological polar surface area (TPSA) is 30.9 Å². The number of benzene rings is 1. The van der Waals surface area contributed by atoms with Crippen molar-refractivity contribution in [1.82, 2.24) is 15.1 Å². The van der Waals surface area contributed by atoms with Crippen LogP contribution in [0.25, 0.3) is 0 Å². The second-order valence-electron chi connectivity index (χ2n) is 5.66. The standard InChI is InChI=1S/C16H24F4N4/c1-21-15(22-9-4-10-23(2)12-16(18,19)20)24(3)11-13-5-7-14(17)8-6-13/h5-8H,4,9-12H2,1-3H3,(H,21,22). The monoisotopic (exact) mass is 348 g/mol. The molecule has 0 heterocycles. The van der Waals surface area contributed by atoms with Gasteiger partial charge in [-0.25, -0.2) is 4.39 Å². The Kier molecular flexibility index (Phi) is 7.97. The van der Waals surface area contributed by atoms with Crippen molar-refractivity contribution in [2.45, 2.75) is 19.1 Å². The molecular weight excluding hydrogens is 324 g/mol. The molecule has 0 saturated heterocycles. The zero-order valence-corrected chi connectivity index (χ0v) is 14.2. The first kappa shape index (κ1) is 20.2. The van der Waals surface area contributed by atoms with Gasteiger partial charge in [0.05, 0.1) is 6.54 Å². The predicted octanol–water partition coefficient (Wildman–Crippen LogP) is 2.72. The quantitative estimate of drug-likeness (QED) is 0.356. The maximum Gasteiger partial charge on any atom is 0.401 e. The highest BCUT2D eigenvalue weighted by Crippen LogP contribution is 2.15. The summed E-state index contributed by atoms with van der Waals surface area (Å²) < 4.78 is 49.6. The Morgan fingerprint density at radius 1 is 1.17 bits per heavy atom. The van der Waals surface area contributed by atoms with Gasteiger partial charge in [0.2, 0.25) is 0 Å². The third kappa shape index (κ3) is 8.14. The lowest BCUT2D eigenvalue weighted by Gasteiger charge is -2.23. The number of aliphatic imine (C=N–C) groups is 1. The molecule has 4 nitrogen and oxygen atoms in total. The molecule has 0 saturated carbocycles. The smallest absolute Gasteiger partial charge is 0.356 e. The second-order valence-corrected chi connectivity index (χ2v) is 5.66. The maximum atomic E-state index is 12.9. The van der Waals surface area contributed by atoms with Crippen LogP contribution in [0.2, 0.25) is 0 Å². The van der Waals surface area contributed by atoms with E-state index in [2.05, 4.69) is 10.3 Å². The highest BCUT2D eigenvalue weighted by Gasteiger charge is 2.28. The summed E-state index contributed by atoms with van der Waals surface area (Å²) in [5, 5.41) is 3.11. The normalized spacial score (nSPS) is 12.6. The third-order valence-electron chi connectivity index (χ3n) is 3.36. The van der Waals surface area contributed by atoms with Gasteiger partial charge >= 0.3 is 6.18 Å². The number of halogens is 4. The van der Waals surface area contributed by atoms with Crippen molar-refractivity contribution < 1.29 is 17.6 Å². The molecule has 8 heteroatoms. The Balaban J connectivity index is 2.35. The number of nitrogens with one attached hydrogen (secondary N) is 1. The van der Waals surface area contributed by atoms with Gasteiger partial charge in [0, 0.05) is 27.2 Å². The summed E-state index contributed by atoms with van der Waals surface area (Å²) in [6.07, 6.45) is -3.61. The summed E-state index contributed by atoms with van der Waals surface area (Å²) >= 11 is 0. The average molecular weight is 348 g/mol. The van der Waals surface area contributed by atoms with E-state index in [-0.39, 0.29) is 5.82 Å². The lowest BCUT2D eigenvalue weighted by molar-refractivity contribution is -0.143. The molecular formula is C16H24F4N4. The summed E-state index contributed by atoms with van der Waals surface area (Å²) in [5.74, 6) is 0.352. The minimum absolute atomic E-state index is 0.285. The van der Waals surface area contributed by atoms with Crippen molar-refractivity contribution in [2.24, 2.45) is 4.99 Å². The van der Waals surface area contributed by atoms with Crippen LogP contribution in [0, 0.1) is 5.82 Å². The van der Waals surface area contributed by atoms with Crippen molar-refractivity contribution >= 4 is 5.96 Å². The Morgan fingerprint density at radius 2 is 1.79 bits per heavy atom. The molecule has 0 unspecified atom stereocenters. The number of guanidine groups is 1. The van der Waals surface area contributed by atoms with Gasteiger partial charge in [-0.3, -0.25) is 9.89 Å². The summed E-state index contributed by atoms with van der Waals surface area (Å²) in [4.78, 5) is 7.25. The Labute approximate surface area is 140 Å². The summed E-state index contributed by atoms with van der Waals surface area (Å²) in [6.45, 7) is 0.494. The first-order chi connectivity index (χ1) is 11.2. The molecule has 0 aliphatic heterocycles. The number of hydrogen-bond donors (Lipinski definition) is 1. The van der Waals surface area contributed by atoms with Gasteiger partial charge in [-0.1, -0.05) is 12.1 Å². The van der Waals surface area contributed by atoms with Crippen LogP contribution in [0.1, 0.15) is 12.0 Å². The largest absolute Gasteiger partial charge is 0.401 e. The van der Waals surface area contributed by atoms with Crippen LogP contribution in [0.3, 0.4) is 0 Å². The fraction of sp³-hybridized carbons (Fsp3) is 0.562. The van der Waals surface area contributed by atoms with E-state index in [1.807, 2.05) is 11.9 Å². The summed E-state index contributed by atoms with van der Waals surface area (Å²) in [6, 6.07) is 6.20. The number of nitrogens with zero attached hydrogens (tertiary/aromatic N) is 3. The van der Waals surface area contributed by atoms with Crippen LogP contribution < -0.4 is 5.32 Å². The Hall–Kier alpha value is -1.83. The molecule has 1 N–H and O–H groups in total. The fourth-order valence-electron chi connectivity index (χ4n) is 2.26. The van der Waals surface area contributed by atoms with Gasteiger partial charge in [-0.05, 0) is 37.7 Å². The molecule has 24 heavy (non-hydrogen) atoms. The van der Waals surface area contributed by atoms with Gasteiger partial charge in [-0.2, -0.15) is 13.2 Å². The van der Waals surface area contributed by atoms with Crippen LogP contribution in [0.4, 0.5) is 17.6 Å². The van der Waals surface area contributed by atoms with Crippen LogP contribution in [0.15, 0.2) is 29.3 Å². The van der Waals surface area contributed by atoms with Crippen LogP contribution >= 0.6 is 0 Å². The summed E-state index contributed by atoms with van der Waals surface area (Å²) in [5.41, 5.74) is 0.937. The molecule has 0 aliphatic carbocycles. The molecule has 0 bridgehead atoms. The highest BCUT2D eigenvalue weighted by atomic mass is 19.4. The van der Waals surface area contributed by atoms with Crippen molar-refractivity contribution in [2.75, 3.05) is 40.8 Å². The number of rotatable bonds is 7. The van der Waals surface area contributed by atoms with E-state index in [1.54, 1.807) is 19.2 Å². The van der Waals surface area contributed by atoms with E-state index in [9.17, 15) is 17.6 Å². The lowest BCUT2D eigenvalue weighted by Crippen LogP contribution is -2.40. The van der Waals surface area contributed by atoms with E-state index >= 15 is 0 Å².